The van der Waals surface area contributed by atoms with Crippen molar-refractivity contribution in [1.82, 2.24) is 14.6 Å². The van der Waals surface area contributed by atoms with Crippen LogP contribution in [0.25, 0.3) is 0 Å². The average molecular weight is 467 g/mol. The molecular weight excluding hydrogens is 439 g/mol. The summed E-state index contributed by atoms with van der Waals surface area (Å²) in [5.74, 6) is -1.72. The van der Waals surface area contributed by atoms with Crippen LogP contribution in [-0.4, -0.2) is 65.8 Å². The summed E-state index contributed by atoms with van der Waals surface area (Å²) in [5.41, 5.74) is 1.31. The van der Waals surface area contributed by atoms with E-state index in [4.69, 9.17) is 9.47 Å². The number of carboxylic acid groups (broad SMARTS) is 1. The number of carboxylic acids is 1. The van der Waals surface area contributed by atoms with Gasteiger partial charge in [0.15, 0.2) is 5.56 Å². The maximum Gasteiger partial charge on any atom is 0.344 e. The fourth-order valence-corrected chi connectivity index (χ4v) is 4.01. The summed E-state index contributed by atoms with van der Waals surface area (Å²) in [4.78, 5) is 26.2. The third-order valence-corrected chi connectivity index (χ3v) is 5.94. The van der Waals surface area contributed by atoms with Crippen LogP contribution in [0.1, 0.15) is 33.5 Å². The molecular formula is C21H27FN4O5S. The van der Waals surface area contributed by atoms with E-state index in [1.165, 1.54) is 0 Å². The zero-order valence-electron chi connectivity index (χ0n) is 18.1. The lowest BCUT2D eigenvalue weighted by Gasteiger charge is -2.26. The standard InChI is InChI=1S/C21H27FN4O5S/c1-13-4-5-15(14(2)17(13)22)12-31-18-16(20(27)28)19(32-25-18)24-21(29)23-6-3-7-26-8-10-30-11-9-26/h4-5H,3,6-12H2,1-2H3,(H,27,28)(H2,23,24,29). The molecule has 0 atom stereocenters. The largest absolute Gasteiger partial charge is 0.477 e. The average Bonchev–Trinajstić information content (AvgIpc) is 3.18. The second-order valence-electron chi connectivity index (χ2n) is 7.45. The van der Waals surface area contributed by atoms with Gasteiger partial charge >= 0.3 is 12.0 Å². The van der Waals surface area contributed by atoms with Crippen LogP contribution in [0, 0.1) is 19.7 Å². The Kier molecular flexibility index (Phi) is 8.37. The normalized spacial score (nSPS) is 14.2. The number of aromatic carboxylic acids is 1. The van der Waals surface area contributed by atoms with E-state index in [1.54, 1.807) is 26.0 Å². The van der Waals surface area contributed by atoms with E-state index in [0.717, 1.165) is 50.8 Å². The monoisotopic (exact) mass is 466 g/mol. The molecule has 2 heterocycles. The van der Waals surface area contributed by atoms with Crippen molar-refractivity contribution >= 4 is 28.5 Å². The lowest BCUT2D eigenvalue weighted by Crippen LogP contribution is -2.38. The summed E-state index contributed by atoms with van der Waals surface area (Å²) in [6, 6.07) is 2.85. The number of nitrogens with zero attached hydrogens (tertiary/aromatic N) is 2. The molecule has 3 N–H and O–H groups in total. The van der Waals surface area contributed by atoms with E-state index in [2.05, 4.69) is 19.9 Å². The summed E-state index contributed by atoms with van der Waals surface area (Å²) in [7, 11) is 0. The number of anilines is 1. The van der Waals surface area contributed by atoms with Crippen LogP contribution in [0.2, 0.25) is 0 Å². The number of nitrogens with one attached hydrogen (secondary N) is 2. The lowest BCUT2D eigenvalue weighted by atomic mass is 10.1. The molecule has 1 saturated heterocycles. The van der Waals surface area contributed by atoms with Crippen molar-refractivity contribution in [2.24, 2.45) is 0 Å². The van der Waals surface area contributed by atoms with Crippen molar-refractivity contribution in [3.05, 3.63) is 40.2 Å². The molecule has 1 fully saturated rings. The number of aryl methyl sites for hydroxylation is 1. The fourth-order valence-electron chi connectivity index (χ4n) is 3.29. The van der Waals surface area contributed by atoms with Crippen LogP contribution in [0.3, 0.4) is 0 Å². The van der Waals surface area contributed by atoms with Crippen molar-refractivity contribution in [3.63, 3.8) is 0 Å². The predicted molar refractivity (Wildman–Crippen MR) is 118 cm³/mol. The SMILES string of the molecule is Cc1ccc(COc2nsc(NC(=O)NCCCN3CCOCC3)c2C(=O)O)c(C)c1F. The van der Waals surface area contributed by atoms with Gasteiger partial charge < -0.3 is 19.9 Å². The summed E-state index contributed by atoms with van der Waals surface area (Å²) in [6.45, 7) is 7.77. The van der Waals surface area contributed by atoms with Gasteiger partial charge in [0.25, 0.3) is 0 Å². The number of ether oxygens (including phenoxy) is 2. The highest BCUT2D eigenvalue weighted by molar-refractivity contribution is 7.11. The molecule has 2 aromatic rings. The molecule has 0 unspecified atom stereocenters. The zero-order chi connectivity index (χ0) is 23.1. The number of carbonyl (C=O) groups excluding carboxylic acids is 1. The lowest BCUT2D eigenvalue weighted by molar-refractivity contribution is 0.0375. The van der Waals surface area contributed by atoms with Crippen molar-refractivity contribution < 1.29 is 28.6 Å². The summed E-state index contributed by atoms with van der Waals surface area (Å²) < 4.78 is 28.9. The summed E-state index contributed by atoms with van der Waals surface area (Å²) >= 11 is 0.816. The first-order valence-corrected chi connectivity index (χ1v) is 11.1. The first-order chi connectivity index (χ1) is 15.4. The minimum Gasteiger partial charge on any atom is -0.477 e. The molecule has 11 heteroatoms. The number of hydrogen-bond acceptors (Lipinski definition) is 7. The third-order valence-electron chi connectivity index (χ3n) is 5.20. The van der Waals surface area contributed by atoms with Gasteiger partial charge in [0.2, 0.25) is 5.88 Å². The molecule has 1 aliphatic heterocycles. The second-order valence-corrected chi connectivity index (χ2v) is 8.23. The highest BCUT2D eigenvalue weighted by atomic mass is 32.1. The van der Waals surface area contributed by atoms with Crippen molar-refractivity contribution in [2.75, 3.05) is 44.7 Å². The maximum absolute atomic E-state index is 14.1. The summed E-state index contributed by atoms with van der Waals surface area (Å²) in [5, 5.41) is 14.9. The van der Waals surface area contributed by atoms with E-state index in [9.17, 15) is 19.1 Å². The van der Waals surface area contributed by atoms with Crippen LogP contribution in [0.4, 0.5) is 14.2 Å². The molecule has 0 radical (unpaired) electrons. The number of carbonyl (C=O) groups is 2. The molecule has 9 nitrogen and oxygen atoms in total. The van der Waals surface area contributed by atoms with E-state index >= 15 is 0 Å². The first kappa shape index (κ1) is 23.9. The van der Waals surface area contributed by atoms with E-state index in [1.807, 2.05) is 0 Å². The van der Waals surface area contributed by atoms with Gasteiger partial charge in [0.05, 0.1) is 13.2 Å². The van der Waals surface area contributed by atoms with Gasteiger partial charge in [-0.25, -0.2) is 14.0 Å². The predicted octanol–water partition coefficient (Wildman–Crippen LogP) is 3.02. The highest BCUT2D eigenvalue weighted by Gasteiger charge is 2.24. The number of rotatable bonds is 9. The Labute approximate surface area is 189 Å². The topological polar surface area (TPSA) is 113 Å². The molecule has 0 bridgehead atoms. The van der Waals surface area contributed by atoms with E-state index < -0.39 is 12.0 Å². The summed E-state index contributed by atoms with van der Waals surface area (Å²) in [6.07, 6.45) is 0.767. The van der Waals surface area contributed by atoms with Crippen LogP contribution in [0.5, 0.6) is 5.88 Å². The Bertz CT molecular complexity index is 962. The number of hydrogen-bond donors (Lipinski definition) is 3. The zero-order valence-corrected chi connectivity index (χ0v) is 18.9. The van der Waals surface area contributed by atoms with Crippen LogP contribution >= 0.6 is 11.5 Å². The van der Waals surface area contributed by atoms with Gasteiger partial charge in [-0.05, 0) is 55.0 Å². The van der Waals surface area contributed by atoms with Crippen LogP contribution in [-0.2, 0) is 11.3 Å². The Morgan fingerprint density at radius 1 is 1.31 bits per heavy atom. The van der Waals surface area contributed by atoms with Crippen LogP contribution in [0.15, 0.2) is 12.1 Å². The van der Waals surface area contributed by atoms with Gasteiger partial charge in [-0.2, -0.15) is 4.37 Å². The quantitative estimate of drug-likeness (QED) is 0.487. The fraction of sp³-hybridized carbons (Fsp3) is 0.476. The highest BCUT2D eigenvalue weighted by Crippen LogP contribution is 2.31. The molecule has 1 aliphatic rings. The minimum atomic E-state index is -1.27. The molecule has 1 aromatic heterocycles. The smallest absolute Gasteiger partial charge is 0.344 e. The third kappa shape index (κ3) is 6.15. The van der Waals surface area contributed by atoms with Crippen LogP contribution < -0.4 is 15.4 Å². The molecule has 0 aliphatic carbocycles. The van der Waals surface area contributed by atoms with Crippen molar-refractivity contribution in [2.45, 2.75) is 26.9 Å². The van der Waals surface area contributed by atoms with Gasteiger partial charge in [-0.15, -0.1) is 0 Å². The maximum atomic E-state index is 14.1. The van der Waals surface area contributed by atoms with Crippen molar-refractivity contribution in [3.8, 4) is 5.88 Å². The number of benzene rings is 1. The van der Waals surface area contributed by atoms with E-state index in [0.29, 0.717) is 23.2 Å². The second kappa shape index (κ2) is 11.2. The number of halogens is 1. The Hall–Kier alpha value is -2.76. The Morgan fingerprint density at radius 3 is 2.78 bits per heavy atom. The molecule has 3 rings (SSSR count). The Balaban J connectivity index is 1.54. The van der Waals surface area contributed by atoms with Gasteiger partial charge in [-0.1, -0.05) is 12.1 Å². The molecule has 32 heavy (non-hydrogen) atoms. The Morgan fingerprint density at radius 2 is 2.06 bits per heavy atom. The molecule has 1 aromatic carbocycles. The van der Waals surface area contributed by atoms with Gasteiger partial charge in [0.1, 0.15) is 17.4 Å². The number of morpholine rings is 1. The van der Waals surface area contributed by atoms with E-state index in [-0.39, 0.29) is 28.9 Å². The molecule has 0 saturated carbocycles. The first-order valence-electron chi connectivity index (χ1n) is 10.3. The number of urea groups is 1. The minimum absolute atomic E-state index is 0.0414. The van der Waals surface area contributed by atoms with Gasteiger partial charge in [-0.3, -0.25) is 10.2 Å². The molecule has 2 amide bonds. The molecule has 174 valence electrons. The number of aromatic nitrogens is 1. The number of amides is 2. The van der Waals surface area contributed by atoms with Gasteiger partial charge in [0, 0.05) is 19.6 Å². The molecule has 0 spiro atoms. The van der Waals surface area contributed by atoms with Crippen molar-refractivity contribution in [1.29, 1.82) is 0 Å².